The van der Waals surface area contributed by atoms with Crippen molar-refractivity contribution in [1.29, 1.82) is 5.26 Å². The summed E-state index contributed by atoms with van der Waals surface area (Å²) in [5, 5.41) is 14.1. The number of esters is 1. The Bertz CT molecular complexity index is 1540. The Morgan fingerprint density at radius 1 is 1.13 bits per heavy atom. The lowest BCUT2D eigenvalue weighted by Gasteiger charge is -2.13. The van der Waals surface area contributed by atoms with Crippen LogP contribution in [0.5, 0.6) is 5.75 Å². The van der Waals surface area contributed by atoms with Crippen LogP contribution in [0.2, 0.25) is 0 Å². The number of aromatic nitrogens is 3. The van der Waals surface area contributed by atoms with Crippen molar-refractivity contribution in [1.82, 2.24) is 14.6 Å². The van der Waals surface area contributed by atoms with Crippen molar-refractivity contribution in [2.45, 2.75) is 52.6 Å². The highest BCUT2D eigenvalue weighted by atomic mass is 16.5. The van der Waals surface area contributed by atoms with E-state index in [2.05, 4.69) is 36.9 Å². The molecule has 2 aromatic heterocycles. The SMILES string of the molecule is CC#C[C@@H](CC(=O)OCC)c1ccc(OCc2cc(-c3cccc(C#N)c3)c3nc(C(C)C)nn3c2)cc1. The number of fused-ring (bicyclic) bond motifs is 1. The largest absolute Gasteiger partial charge is 0.489 e. The molecule has 0 aliphatic heterocycles. The molecule has 0 aliphatic carbocycles. The first kappa shape index (κ1) is 26.4. The molecule has 0 saturated heterocycles. The molecule has 7 nitrogen and oxygen atoms in total. The summed E-state index contributed by atoms with van der Waals surface area (Å²) >= 11 is 0. The predicted molar refractivity (Wildman–Crippen MR) is 145 cm³/mol. The van der Waals surface area contributed by atoms with Gasteiger partial charge in [-0.3, -0.25) is 4.79 Å². The van der Waals surface area contributed by atoms with Gasteiger partial charge in [-0.05, 0) is 55.3 Å². The summed E-state index contributed by atoms with van der Waals surface area (Å²) in [7, 11) is 0. The standard InChI is InChI=1S/C31H30N4O3/c1-5-8-25(17-29(36)37-6-2)24-11-13-27(14-12-24)38-20-23-16-28(26-10-7-9-22(15-26)18-32)31-33-30(21(3)4)34-35(31)19-23/h7,9-16,19,21,25H,6,17,20H2,1-4H3/t25-/m0/s1. The number of carbonyl (C=O) groups excluding carboxylic acids is 1. The number of carbonyl (C=O) groups is 1. The molecule has 0 saturated carbocycles. The van der Waals surface area contributed by atoms with E-state index in [9.17, 15) is 10.1 Å². The number of rotatable bonds is 9. The van der Waals surface area contributed by atoms with Gasteiger partial charge in [0.05, 0.1) is 30.6 Å². The molecule has 7 heteroatoms. The van der Waals surface area contributed by atoms with Gasteiger partial charge in [0.25, 0.3) is 0 Å². The molecule has 0 aliphatic rings. The fourth-order valence-corrected chi connectivity index (χ4v) is 4.13. The first-order valence-corrected chi connectivity index (χ1v) is 12.6. The number of nitriles is 1. The van der Waals surface area contributed by atoms with Gasteiger partial charge in [0.1, 0.15) is 12.4 Å². The molecule has 0 spiro atoms. The fourth-order valence-electron chi connectivity index (χ4n) is 4.13. The lowest BCUT2D eigenvalue weighted by Crippen LogP contribution is -2.09. The van der Waals surface area contributed by atoms with Crippen LogP contribution in [0.25, 0.3) is 16.8 Å². The Labute approximate surface area is 223 Å². The second kappa shape index (κ2) is 12.1. The third kappa shape index (κ3) is 6.19. The average Bonchev–Trinajstić information content (AvgIpc) is 3.36. The fraction of sp³-hybridized carbons (Fsp3) is 0.290. The van der Waals surface area contributed by atoms with Crippen LogP contribution >= 0.6 is 0 Å². The van der Waals surface area contributed by atoms with E-state index in [1.165, 1.54) is 0 Å². The van der Waals surface area contributed by atoms with Crippen molar-refractivity contribution in [3.8, 4) is 34.8 Å². The first-order valence-electron chi connectivity index (χ1n) is 12.6. The van der Waals surface area contributed by atoms with Gasteiger partial charge in [0.2, 0.25) is 0 Å². The summed E-state index contributed by atoms with van der Waals surface area (Å²) < 4.78 is 13.0. The molecule has 192 valence electrons. The Hall–Kier alpha value is -4.62. The van der Waals surface area contributed by atoms with Gasteiger partial charge >= 0.3 is 5.97 Å². The molecule has 1 atom stereocenters. The first-order chi connectivity index (χ1) is 18.4. The van der Waals surface area contributed by atoms with Gasteiger partial charge in [-0.1, -0.05) is 44.0 Å². The van der Waals surface area contributed by atoms with E-state index in [1.54, 1.807) is 24.4 Å². The predicted octanol–water partition coefficient (Wildman–Crippen LogP) is 6.03. The summed E-state index contributed by atoms with van der Waals surface area (Å²) in [6, 6.07) is 19.3. The molecule has 4 rings (SSSR count). The molecule has 0 bridgehead atoms. The minimum Gasteiger partial charge on any atom is -0.489 e. The maximum absolute atomic E-state index is 12.0. The molecule has 4 aromatic rings. The Balaban J connectivity index is 1.58. The van der Waals surface area contributed by atoms with Gasteiger partial charge in [0, 0.05) is 23.2 Å². The van der Waals surface area contributed by atoms with Crippen LogP contribution in [0.3, 0.4) is 0 Å². The van der Waals surface area contributed by atoms with Gasteiger partial charge < -0.3 is 9.47 Å². The molecular weight excluding hydrogens is 476 g/mol. The van der Waals surface area contributed by atoms with Crippen LogP contribution in [0.1, 0.15) is 68.5 Å². The lowest BCUT2D eigenvalue weighted by molar-refractivity contribution is -0.143. The van der Waals surface area contributed by atoms with E-state index in [0.29, 0.717) is 24.5 Å². The maximum Gasteiger partial charge on any atom is 0.307 e. The minimum absolute atomic E-state index is 0.177. The number of nitrogens with zero attached hydrogens (tertiary/aromatic N) is 4. The summed E-state index contributed by atoms with van der Waals surface area (Å²) in [4.78, 5) is 16.7. The number of pyridine rings is 1. The maximum atomic E-state index is 12.0. The molecule has 0 unspecified atom stereocenters. The zero-order chi connectivity index (χ0) is 27.1. The minimum atomic E-state index is -0.263. The molecule has 0 amide bonds. The Morgan fingerprint density at radius 3 is 2.61 bits per heavy atom. The number of ether oxygens (including phenoxy) is 2. The number of benzene rings is 2. The average molecular weight is 507 g/mol. The number of hydrogen-bond donors (Lipinski definition) is 0. The Morgan fingerprint density at radius 2 is 1.92 bits per heavy atom. The van der Waals surface area contributed by atoms with Gasteiger partial charge in [-0.15, -0.1) is 5.92 Å². The van der Waals surface area contributed by atoms with Crippen LogP contribution in [0.4, 0.5) is 0 Å². The highest BCUT2D eigenvalue weighted by Crippen LogP contribution is 2.28. The van der Waals surface area contributed by atoms with Crippen molar-refractivity contribution >= 4 is 11.6 Å². The normalized spacial score (nSPS) is 11.5. The molecule has 38 heavy (non-hydrogen) atoms. The van der Waals surface area contributed by atoms with Crippen molar-refractivity contribution in [2.24, 2.45) is 0 Å². The van der Waals surface area contributed by atoms with Crippen LogP contribution in [-0.4, -0.2) is 27.2 Å². The number of hydrogen-bond acceptors (Lipinski definition) is 6. The van der Waals surface area contributed by atoms with Gasteiger partial charge in [-0.2, -0.15) is 10.4 Å². The summed E-state index contributed by atoms with van der Waals surface area (Å²) in [5.74, 6) is 7.13. The summed E-state index contributed by atoms with van der Waals surface area (Å²) in [5.41, 5.74) is 4.95. The summed E-state index contributed by atoms with van der Waals surface area (Å²) in [6.45, 7) is 8.33. The zero-order valence-electron chi connectivity index (χ0n) is 22.1. The van der Waals surface area contributed by atoms with Crippen LogP contribution in [-0.2, 0) is 16.1 Å². The van der Waals surface area contributed by atoms with E-state index in [-0.39, 0.29) is 24.2 Å². The second-order valence-corrected chi connectivity index (χ2v) is 9.16. The van der Waals surface area contributed by atoms with E-state index >= 15 is 0 Å². The molecular formula is C31H30N4O3. The van der Waals surface area contributed by atoms with Crippen molar-refractivity contribution in [3.63, 3.8) is 0 Å². The molecule has 2 aromatic carbocycles. The molecule has 0 fully saturated rings. The Kier molecular flexibility index (Phi) is 8.40. The molecule has 0 radical (unpaired) electrons. The monoisotopic (exact) mass is 506 g/mol. The molecule has 0 N–H and O–H groups in total. The van der Waals surface area contributed by atoms with Crippen LogP contribution in [0, 0.1) is 23.2 Å². The van der Waals surface area contributed by atoms with E-state index < -0.39 is 0 Å². The van der Waals surface area contributed by atoms with Gasteiger partial charge in [0.15, 0.2) is 11.5 Å². The quantitative estimate of drug-likeness (QED) is 0.203. The van der Waals surface area contributed by atoms with E-state index in [4.69, 9.17) is 14.5 Å². The molecule has 2 heterocycles. The zero-order valence-corrected chi connectivity index (χ0v) is 22.1. The van der Waals surface area contributed by atoms with Crippen LogP contribution < -0.4 is 4.74 Å². The van der Waals surface area contributed by atoms with Crippen molar-refractivity contribution in [3.05, 3.63) is 83.3 Å². The van der Waals surface area contributed by atoms with Crippen molar-refractivity contribution in [2.75, 3.05) is 6.61 Å². The van der Waals surface area contributed by atoms with Crippen LogP contribution in [0.15, 0.2) is 60.8 Å². The topological polar surface area (TPSA) is 89.5 Å². The summed E-state index contributed by atoms with van der Waals surface area (Å²) in [6.07, 6.45) is 2.13. The highest BCUT2D eigenvalue weighted by Gasteiger charge is 2.16. The second-order valence-electron chi connectivity index (χ2n) is 9.16. The smallest absolute Gasteiger partial charge is 0.307 e. The van der Waals surface area contributed by atoms with Crippen molar-refractivity contribution < 1.29 is 14.3 Å². The third-order valence-corrected chi connectivity index (χ3v) is 6.01. The van der Waals surface area contributed by atoms with Gasteiger partial charge in [-0.25, -0.2) is 9.50 Å². The van der Waals surface area contributed by atoms with E-state index in [0.717, 1.165) is 33.7 Å². The van der Waals surface area contributed by atoms with E-state index in [1.807, 2.05) is 54.7 Å². The lowest BCUT2D eigenvalue weighted by atomic mass is 9.96. The third-order valence-electron chi connectivity index (χ3n) is 6.01. The highest BCUT2D eigenvalue weighted by molar-refractivity contribution is 5.78.